The molecule has 0 aliphatic carbocycles. The summed E-state index contributed by atoms with van der Waals surface area (Å²) in [5, 5.41) is 0. The molecule has 0 radical (unpaired) electrons. The molecule has 0 aliphatic heterocycles. The second-order valence-electron chi connectivity index (χ2n) is 6.74. The van der Waals surface area contributed by atoms with Gasteiger partial charge in [-0.25, -0.2) is 0 Å². The Morgan fingerprint density at radius 1 is 0.455 bits per heavy atom. The third kappa shape index (κ3) is 8.59. The molecule has 0 N–H and O–H groups in total. The normalized spacial score (nSPS) is 10.9. The van der Waals surface area contributed by atoms with Gasteiger partial charge >= 0.3 is 6.36 Å². The lowest BCUT2D eigenvalue weighted by Gasteiger charge is -2.09. The van der Waals surface area contributed by atoms with Gasteiger partial charge in [-0.1, -0.05) is 112 Å². The summed E-state index contributed by atoms with van der Waals surface area (Å²) >= 11 is 13.0. The highest BCUT2D eigenvalue weighted by atomic mass is 79.9. The van der Waals surface area contributed by atoms with Crippen molar-refractivity contribution in [1.82, 2.24) is 0 Å². The lowest BCUT2D eigenvalue weighted by atomic mass is 10.0. The van der Waals surface area contributed by atoms with Gasteiger partial charge in [0, 0.05) is 17.9 Å². The van der Waals surface area contributed by atoms with Crippen LogP contribution in [0.5, 0.6) is 5.75 Å². The Labute approximate surface area is 223 Å². The summed E-state index contributed by atoms with van der Waals surface area (Å²) in [6.07, 6.45) is -4.65. The van der Waals surface area contributed by atoms with Gasteiger partial charge in [0.15, 0.2) is 0 Å². The molecule has 4 aromatic rings. The van der Waals surface area contributed by atoms with E-state index in [1.165, 1.54) is 34.4 Å². The second kappa shape index (κ2) is 11.7. The lowest BCUT2D eigenvalue weighted by Crippen LogP contribution is -2.17. The number of halogens is 7. The Morgan fingerprint density at radius 2 is 0.758 bits per heavy atom. The molecule has 0 bridgehead atoms. The Kier molecular flexibility index (Phi) is 9.21. The fourth-order valence-electron chi connectivity index (χ4n) is 2.86. The minimum atomic E-state index is -4.65. The molecule has 0 saturated heterocycles. The standard InChI is InChI=1S/C18H12Br2.C7H3Br2F3O/c19-17-9-5-15(6-10-17)13-1-2-14(4-3-13)16-7-11-18(20)12-8-16;8-4-1-5(9)3-6(2-4)13-7(10,11)12/h1-12H;1-3H. The number of hydrogen-bond donors (Lipinski definition) is 0. The summed E-state index contributed by atoms with van der Waals surface area (Å²) in [5.41, 5.74) is 4.93. The van der Waals surface area contributed by atoms with Crippen LogP contribution >= 0.6 is 63.7 Å². The van der Waals surface area contributed by atoms with Gasteiger partial charge in [-0.15, -0.1) is 13.2 Å². The van der Waals surface area contributed by atoms with Crippen molar-refractivity contribution >= 4 is 63.7 Å². The molecule has 0 aliphatic rings. The fraction of sp³-hybridized carbons (Fsp3) is 0.0400. The molecule has 33 heavy (non-hydrogen) atoms. The molecule has 0 fully saturated rings. The van der Waals surface area contributed by atoms with E-state index in [4.69, 9.17) is 0 Å². The zero-order chi connectivity index (χ0) is 24.0. The summed E-state index contributed by atoms with van der Waals surface area (Å²) in [6.45, 7) is 0. The summed E-state index contributed by atoms with van der Waals surface area (Å²) in [7, 11) is 0. The minimum absolute atomic E-state index is 0.256. The maximum absolute atomic E-state index is 11.8. The molecule has 0 aromatic heterocycles. The Hall–Kier alpha value is -1.61. The van der Waals surface area contributed by atoms with Crippen LogP contribution in [0.15, 0.2) is 109 Å². The van der Waals surface area contributed by atoms with Crippen molar-refractivity contribution in [2.24, 2.45) is 0 Å². The molecule has 0 unspecified atom stereocenters. The van der Waals surface area contributed by atoms with Crippen molar-refractivity contribution in [3.63, 3.8) is 0 Å². The van der Waals surface area contributed by atoms with Crippen LogP contribution in [-0.2, 0) is 0 Å². The number of hydrogen-bond acceptors (Lipinski definition) is 1. The highest BCUT2D eigenvalue weighted by Gasteiger charge is 2.31. The first-order chi connectivity index (χ1) is 15.6. The van der Waals surface area contributed by atoms with Crippen LogP contribution in [0.3, 0.4) is 0 Å². The summed E-state index contributed by atoms with van der Waals surface area (Å²) in [5.74, 6) is -0.256. The number of rotatable bonds is 3. The predicted octanol–water partition coefficient (Wildman–Crippen LogP) is 10.7. The maximum Gasteiger partial charge on any atom is 0.573 e. The van der Waals surface area contributed by atoms with Crippen LogP contribution in [0, 0.1) is 0 Å². The zero-order valence-electron chi connectivity index (χ0n) is 16.7. The SMILES string of the molecule is Brc1ccc(-c2ccc(-c3ccc(Br)cc3)cc2)cc1.FC(F)(F)Oc1cc(Br)cc(Br)c1. The third-order valence-electron chi connectivity index (χ3n) is 4.31. The Bertz CT molecular complexity index is 1110. The first-order valence-corrected chi connectivity index (χ1v) is 12.6. The van der Waals surface area contributed by atoms with Crippen LogP contribution in [-0.4, -0.2) is 6.36 Å². The first-order valence-electron chi connectivity index (χ1n) is 9.43. The van der Waals surface area contributed by atoms with Crippen molar-refractivity contribution in [2.75, 3.05) is 0 Å². The average Bonchev–Trinajstić information content (AvgIpc) is 2.74. The van der Waals surface area contributed by atoms with E-state index in [-0.39, 0.29) is 5.75 Å². The highest BCUT2D eigenvalue weighted by molar-refractivity contribution is 9.11. The number of benzene rings is 4. The molecule has 0 saturated carbocycles. The van der Waals surface area contributed by atoms with Gasteiger partial charge in [-0.05, 0) is 64.7 Å². The van der Waals surface area contributed by atoms with Crippen molar-refractivity contribution in [2.45, 2.75) is 6.36 Å². The van der Waals surface area contributed by atoms with Gasteiger partial charge < -0.3 is 4.74 Å². The van der Waals surface area contributed by atoms with E-state index in [9.17, 15) is 13.2 Å². The first kappa shape index (κ1) is 26.0. The minimum Gasteiger partial charge on any atom is -0.406 e. The van der Waals surface area contributed by atoms with E-state index in [1.54, 1.807) is 6.07 Å². The van der Waals surface area contributed by atoms with E-state index >= 15 is 0 Å². The summed E-state index contributed by atoms with van der Waals surface area (Å²) < 4.78 is 42.2. The summed E-state index contributed by atoms with van der Waals surface area (Å²) in [6, 6.07) is 29.5. The van der Waals surface area contributed by atoms with E-state index < -0.39 is 6.36 Å². The molecular formula is C25H15Br4F3O. The van der Waals surface area contributed by atoms with Crippen molar-refractivity contribution in [3.8, 4) is 28.0 Å². The van der Waals surface area contributed by atoms with Gasteiger partial charge in [-0.3, -0.25) is 0 Å². The van der Waals surface area contributed by atoms with Gasteiger partial charge in [0.2, 0.25) is 0 Å². The molecule has 0 amide bonds. The quantitative estimate of drug-likeness (QED) is 0.206. The number of alkyl halides is 3. The van der Waals surface area contributed by atoms with Crippen LogP contribution in [0.25, 0.3) is 22.3 Å². The largest absolute Gasteiger partial charge is 0.573 e. The molecule has 170 valence electrons. The van der Waals surface area contributed by atoms with Crippen LogP contribution < -0.4 is 4.74 Å². The summed E-state index contributed by atoms with van der Waals surface area (Å²) in [4.78, 5) is 0. The third-order valence-corrected chi connectivity index (χ3v) is 6.28. The van der Waals surface area contributed by atoms with Gasteiger partial charge in [-0.2, -0.15) is 0 Å². The second-order valence-corrected chi connectivity index (χ2v) is 10.4. The van der Waals surface area contributed by atoms with Crippen LogP contribution in [0.1, 0.15) is 0 Å². The Balaban J connectivity index is 0.000000205. The molecule has 4 aromatic carbocycles. The topological polar surface area (TPSA) is 9.23 Å². The van der Waals surface area contributed by atoms with Gasteiger partial charge in [0.25, 0.3) is 0 Å². The molecule has 1 nitrogen and oxygen atoms in total. The van der Waals surface area contributed by atoms with Crippen LogP contribution in [0.2, 0.25) is 0 Å². The molecule has 0 heterocycles. The van der Waals surface area contributed by atoms with E-state index in [0.29, 0.717) is 8.95 Å². The van der Waals surface area contributed by atoms with E-state index in [0.717, 1.165) is 8.95 Å². The van der Waals surface area contributed by atoms with Crippen molar-refractivity contribution < 1.29 is 17.9 Å². The molecule has 4 rings (SSSR count). The lowest BCUT2D eigenvalue weighted by molar-refractivity contribution is -0.274. The van der Waals surface area contributed by atoms with Crippen molar-refractivity contribution in [1.29, 1.82) is 0 Å². The molecular weight excluding hydrogens is 693 g/mol. The fourth-order valence-corrected chi connectivity index (χ4v) is 4.64. The number of ether oxygens (including phenoxy) is 1. The Morgan fingerprint density at radius 3 is 1.06 bits per heavy atom. The van der Waals surface area contributed by atoms with Crippen LogP contribution in [0.4, 0.5) is 13.2 Å². The van der Waals surface area contributed by atoms with E-state index in [1.807, 2.05) is 0 Å². The molecule has 8 heteroatoms. The predicted molar refractivity (Wildman–Crippen MR) is 141 cm³/mol. The highest BCUT2D eigenvalue weighted by Crippen LogP contribution is 2.29. The average molecular weight is 708 g/mol. The van der Waals surface area contributed by atoms with Gasteiger partial charge in [0.05, 0.1) is 0 Å². The smallest absolute Gasteiger partial charge is 0.406 e. The molecule has 0 spiro atoms. The maximum atomic E-state index is 11.8. The molecule has 0 atom stereocenters. The van der Waals surface area contributed by atoms with Crippen molar-refractivity contribution in [3.05, 3.63) is 109 Å². The van der Waals surface area contributed by atoms with E-state index in [2.05, 4.69) is 141 Å². The zero-order valence-corrected chi connectivity index (χ0v) is 23.1. The monoisotopic (exact) mass is 704 g/mol. The van der Waals surface area contributed by atoms with Gasteiger partial charge in [0.1, 0.15) is 5.75 Å².